The van der Waals surface area contributed by atoms with E-state index >= 15 is 0 Å². The zero-order valence-corrected chi connectivity index (χ0v) is 12.6. The summed E-state index contributed by atoms with van der Waals surface area (Å²) < 4.78 is 0. The summed E-state index contributed by atoms with van der Waals surface area (Å²) in [6.07, 6.45) is 7.68. The summed E-state index contributed by atoms with van der Waals surface area (Å²) in [5.74, 6) is -0.146. The van der Waals surface area contributed by atoms with Gasteiger partial charge in [0.15, 0.2) is 0 Å². The van der Waals surface area contributed by atoms with E-state index in [4.69, 9.17) is 18.0 Å². The number of hydrogen-bond donors (Lipinski definition) is 2. The molecule has 1 aliphatic carbocycles. The molecule has 0 unspecified atom stereocenters. The lowest BCUT2D eigenvalue weighted by Gasteiger charge is -2.32. The van der Waals surface area contributed by atoms with E-state index in [9.17, 15) is 4.79 Å². The zero-order chi connectivity index (χ0) is 14.6. The molecular weight excluding hydrogens is 270 g/mol. The molecular formula is C15H21N3OS. The van der Waals surface area contributed by atoms with E-state index in [0.29, 0.717) is 10.6 Å². The van der Waals surface area contributed by atoms with E-state index in [2.05, 4.69) is 10.3 Å². The number of aromatic nitrogens is 1. The minimum atomic E-state index is -0.534. The maximum atomic E-state index is 12.4. The summed E-state index contributed by atoms with van der Waals surface area (Å²) in [5, 5.41) is 3.06. The van der Waals surface area contributed by atoms with E-state index < -0.39 is 5.54 Å². The van der Waals surface area contributed by atoms with Crippen LogP contribution in [-0.2, 0) is 0 Å². The molecule has 4 nitrogen and oxygen atoms in total. The Morgan fingerprint density at radius 1 is 1.30 bits per heavy atom. The third-order valence-corrected chi connectivity index (χ3v) is 4.35. The Hall–Kier alpha value is -1.49. The molecule has 1 aromatic rings. The van der Waals surface area contributed by atoms with Crippen molar-refractivity contribution in [2.75, 3.05) is 0 Å². The Labute approximate surface area is 125 Å². The van der Waals surface area contributed by atoms with Gasteiger partial charge < -0.3 is 11.1 Å². The predicted octanol–water partition coefficient (Wildman–Crippen LogP) is 2.50. The second-order valence-electron chi connectivity index (χ2n) is 5.50. The molecule has 5 heteroatoms. The molecule has 108 valence electrons. The van der Waals surface area contributed by atoms with Crippen molar-refractivity contribution in [1.82, 2.24) is 10.3 Å². The highest BCUT2D eigenvalue weighted by Crippen LogP contribution is 2.28. The van der Waals surface area contributed by atoms with E-state index in [-0.39, 0.29) is 5.91 Å². The highest BCUT2D eigenvalue weighted by atomic mass is 32.1. The molecule has 1 heterocycles. The molecule has 0 saturated heterocycles. The molecule has 1 amide bonds. The molecule has 20 heavy (non-hydrogen) atoms. The van der Waals surface area contributed by atoms with Crippen LogP contribution in [0.5, 0.6) is 0 Å². The number of amides is 1. The van der Waals surface area contributed by atoms with Crippen molar-refractivity contribution in [2.45, 2.75) is 51.0 Å². The van der Waals surface area contributed by atoms with E-state index in [1.54, 1.807) is 12.3 Å². The lowest BCUT2D eigenvalue weighted by molar-refractivity contribution is 0.0917. The van der Waals surface area contributed by atoms with Gasteiger partial charge in [-0.05, 0) is 31.9 Å². The number of carbonyl (C=O) groups is 1. The Morgan fingerprint density at radius 3 is 2.45 bits per heavy atom. The summed E-state index contributed by atoms with van der Waals surface area (Å²) in [5.41, 5.74) is 6.83. The van der Waals surface area contributed by atoms with Gasteiger partial charge in [-0.15, -0.1) is 0 Å². The summed E-state index contributed by atoms with van der Waals surface area (Å²) in [4.78, 5) is 16.9. The van der Waals surface area contributed by atoms with Crippen LogP contribution < -0.4 is 11.1 Å². The van der Waals surface area contributed by atoms with Crippen LogP contribution in [0.2, 0.25) is 0 Å². The molecule has 3 N–H and O–H groups in total. The van der Waals surface area contributed by atoms with E-state index in [1.807, 2.05) is 13.0 Å². The van der Waals surface area contributed by atoms with Crippen molar-refractivity contribution in [3.05, 3.63) is 29.6 Å². The van der Waals surface area contributed by atoms with Crippen molar-refractivity contribution >= 4 is 23.1 Å². The number of nitrogens with one attached hydrogen (secondary N) is 1. The topological polar surface area (TPSA) is 68.0 Å². The average molecular weight is 291 g/mol. The van der Waals surface area contributed by atoms with Gasteiger partial charge in [0, 0.05) is 11.9 Å². The van der Waals surface area contributed by atoms with Crippen LogP contribution in [0.25, 0.3) is 0 Å². The maximum absolute atomic E-state index is 12.4. The van der Waals surface area contributed by atoms with Gasteiger partial charge in [-0.1, -0.05) is 37.9 Å². The molecule has 1 aliphatic rings. The lowest BCUT2D eigenvalue weighted by Crippen LogP contribution is -2.56. The second kappa shape index (κ2) is 6.31. The molecule has 0 bridgehead atoms. The summed E-state index contributed by atoms with van der Waals surface area (Å²) in [6, 6.07) is 3.61. The average Bonchev–Trinajstić information content (AvgIpc) is 2.66. The quantitative estimate of drug-likeness (QED) is 0.663. The monoisotopic (exact) mass is 291 g/mol. The number of nitrogens with zero attached hydrogens (tertiary/aromatic N) is 1. The number of rotatable bonds is 3. The van der Waals surface area contributed by atoms with Gasteiger partial charge in [0.25, 0.3) is 5.91 Å². The minimum Gasteiger partial charge on any atom is -0.391 e. The van der Waals surface area contributed by atoms with Crippen LogP contribution in [0.15, 0.2) is 18.3 Å². The fourth-order valence-corrected chi connectivity index (χ4v) is 2.91. The summed E-state index contributed by atoms with van der Waals surface area (Å²) in [6.45, 7) is 1.89. The third kappa shape index (κ3) is 3.33. The first-order chi connectivity index (χ1) is 9.53. The molecule has 1 saturated carbocycles. The first-order valence-electron chi connectivity index (χ1n) is 7.09. The van der Waals surface area contributed by atoms with Crippen molar-refractivity contribution in [3.63, 3.8) is 0 Å². The van der Waals surface area contributed by atoms with Crippen LogP contribution in [0.4, 0.5) is 0 Å². The van der Waals surface area contributed by atoms with Crippen molar-refractivity contribution in [2.24, 2.45) is 5.73 Å². The summed E-state index contributed by atoms with van der Waals surface area (Å²) in [7, 11) is 0. The van der Waals surface area contributed by atoms with Crippen LogP contribution >= 0.6 is 12.2 Å². The van der Waals surface area contributed by atoms with E-state index in [1.165, 1.54) is 12.8 Å². The Bertz CT molecular complexity index is 490. The molecule has 0 atom stereocenters. The van der Waals surface area contributed by atoms with Gasteiger partial charge in [0.05, 0.1) is 16.1 Å². The Kier molecular flexibility index (Phi) is 4.70. The van der Waals surface area contributed by atoms with Gasteiger partial charge in [-0.3, -0.25) is 9.78 Å². The largest absolute Gasteiger partial charge is 0.391 e. The standard InChI is InChI=1S/C15H21N3OS/c1-11-6-7-12(10-17-11)13(19)18-15(14(16)20)8-4-2-3-5-9-15/h6-7,10H,2-5,8-9H2,1H3,(H2,16,20)(H,18,19). The Morgan fingerprint density at radius 2 is 1.95 bits per heavy atom. The van der Waals surface area contributed by atoms with Crippen LogP contribution in [0.3, 0.4) is 0 Å². The van der Waals surface area contributed by atoms with E-state index in [0.717, 1.165) is 31.4 Å². The van der Waals surface area contributed by atoms with Gasteiger partial charge in [-0.2, -0.15) is 0 Å². The van der Waals surface area contributed by atoms with Crippen LogP contribution in [-0.4, -0.2) is 21.4 Å². The third-order valence-electron chi connectivity index (χ3n) is 3.96. The van der Waals surface area contributed by atoms with Crippen molar-refractivity contribution in [3.8, 4) is 0 Å². The molecule has 0 radical (unpaired) electrons. The number of carbonyl (C=O) groups excluding carboxylic acids is 1. The lowest BCUT2D eigenvalue weighted by atomic mass is 9.89. The first-order valence-corrected chi connectivity index (χ1v) is 7.49. The van der Waals surface area contributed by atoms with Gasteiger partial charge in [0.2, 0.25) is 0 Å². The van der Waals surface area contributed by atoms with Gasteiger partial charge in [-0.25, -0.2) is 0 Å². The Balaban J connectivity index is 2.17. The fourth-order valence-electron chi connectivity index (χ4n) is 2.66. The minimum absolute atomic E-state index is 0.146. The first kappa shape index (κ1) is 14.9. The SMILES string of the molecule is Cc1ccc(C(=O)NC2(C(N)=S)CCCCCC2)cn1. The summed E-state index contributed by atoms with van der Waals surface area (Å²) >= 11 is 5.22. The number of pyridine rings is 1. The molecule has 2 rings (SSSR count). The number of hydrogen-bond acceptors (Lipinski definition) is 3. The normalized spacial score (nSPS) is 18.1. The number of thiocarbonyl (C=S) groups is 1. The van der Waals surface area contributed by atoms with Gasteiger partial charge >= 0.3 is 0 Å². The van der Waals surface area contributed by atoms with Crippen LogP contribution in [0.1, 0.15) is 54.6 Å². The molecule has 0 aliphatic heterocycles. The predicted molar refractivity (Wildman–Crippen MR) is 83.7 cm³/mol. The molecule has 0 spiro atoms. The zero-order valence-electron chi connectivity index (χ0n) is 11.8. The molecule has 0 aromatic carbocycles. The fraction of sp³-hybridized carbons (Fsp3) is 0.533. The molecule has 1 fully saturated rings. The van der Waals surface area contributed by atoms with Gasteiger partial charge in [0.1, 0.15) is 0 Å². The van der Waals surface area contributed by atoms with Crippen molar-refractivity contribution < 1.29 is 4.79 Å². The highest BCUT2D eigenvalue weighted by Gasteiger charge is 2.35. The number of aryl methyl sites for hydroxylation is 1. The smallest absolute Gasteiger partial charge is 0.253 e. The molecule has 1 aromatic heterocycles. The maximum Gasteiger partial charge on any atom is 0.253 e. The van der Waals surface area contributed by atoms with Crippen LogP contribution in [0, 0.1) is 6.92 Å². The number of nitrogens with two attached hydrogens (primary N) is 1. The second-order valence-corrected chi connectivity index (χ2v) is 5.94. The van der Waals surface area contributed by atoms with Crippen molar-refractivity contribution in [1.29, 1.82) is 0 Å². The highest BCUT2D eigenvalue weighted by molar-refractivity contribution is 7.80.